The number of piperazine rings is 1. The molecule has 4 nitrogen and oxygen atoms in total. The third-order valence-corrected chi connectivity index (χ3v) is 5.07. The molecule has 1 amide bonds. The van der Waals surface area contributed by atoms with Crippen LogP contribution >= 0.6 is 38.5 Å². The predicted octanol–water partition coefficient (Wildman–Crippen LogP) is 2.42. The molecule has 0 saturated carbocycles. The van der Waals surface area contributed by atoms with Crippen molar-refractivity contribution in [3.63, 3.8) is 0 Å². The van der Waals surface area contributed by atoms with Gasteiger partial charge in [0.05, 0.1) is 5.56 Å². The molecule has 0 bridgehead atoms. The molecule has 2 rings (SSSR count). The molecule has 1 aromatic carbocycles. The van der Waals surface area contributed by atoms with Crippen LogP contribution in [0.3, 0.4) is 0 Å². The van der Waals surface area contributed by atoms with Crippen LogP contribution in [0.25, 0.3) is 0 Å². The van der Waals surface area contributed by atoms with Gasteiger partial charge in [-0.2, -0.15) is 0 Å². The average molecular weight is 466 g/mol. The molecule has 1 N–H and O–H groups in total. The van der Waals surface area contributed by atoms with E-state index in [1.54, 1.807) is 0 Å². The van der Waals surface area contributed by atoms with Crippen LogP contribution in [0, 0.1) is 3.57 Å². The number of carbonyl (C=O) groups excluding carboxylic acids is 1. The molecule has 116 valence electrons. The summed E-state index contributed by atoms with van der Waals surface area (Å²) in [5, 5.41) is 3.01. The van der Waals surface area contributed by atoms with Gasteiger partial charge in [0.15, 0.2) is 0 Å². The summed E-state index contributed by atoms with van der Waals surface area (Å²) in [5.41, 5.74) is 0.710. The maximum atomic E-state index is 12.1. The predicted molar refractivity (Wildman–Crippen MR) is 97.7 cm³/mol. The highest BCUT2D eigenvalue weighted by molar-refractivity contribution is 14.1. The standard InChI is InChI=1S/C15H21BrIN3O/c1-19-7-9-20(10-8-19)6-2-5-18-15(21)13-11-12(17)3-4-14(13)16/h3-4,11H,2,5-10H2,1H3,(H,18,21). The van der Waals surface area contributed by atoms with Crippen LogP contribution in [0.1, 0.15) is 16.8 Å². The van der Waals surface area contributed by atoms with Crippen molar-refractivity contribution in [3.8, 4) is 0 Å². The lowest BCUT2D eigenvalue weighted by Crippen LogP contribution is -2.45. The molecular formula is C15H21BrIN3O. The number of nitrogens with zero attached hydrogens (tertiary/aromatic N) is 2. The lowest BCUT2D eigenvalue weighted by molar-refractivity contribution is 0.0948. The summed E-state index contributed by atoms with van der Waals surface area (Å²) in [4.78, 5) is 17.0. The van der Waals surface area contributed by atoms with E-state index < -0.39 is 0 Å². The van der Waals surface area contributed by atoms with Crippen LogP contribution in [0.4, 0.5) is 0 Å². The fraction of sp³-hybridized carbons (Fsp3) is 0.533. The fourth-order valence-corrected chi connectivity index (χ4v) is 3.26. The second kappa shape index (κ2) is 8.45. The Balaban J connectivity index is 1.71. The normalized spacial score (nSPS) is 16.9. The first-order valence-corrected chi connectivity index (χ1v) is 9.07. The molecule has 1 fully saturated rings. The summed E-state index contributed by atoms with van der Waals surface area (Å²) in [6.07, 6.45) is 0.997. The minimum atomic E-state index is -0.00114. The molecule has 1 aliphatic rings. The summed E-state index contributed by atoms with van der Waals surface area (Å²) in [7, 11) is 2.16. The lowest BCUT2D eigenvalue weighted by atomic mass is 10.2. The molecule has 6 heteroatoms. The Labute approximate surface area is 148 Å². The molecule has 0 atom stereocenters. The van der Waals surface area contributed by atoms with Crippen molar-refractivity contribution in [1.82, 2.24) is 15.1 Å². The smallest absolute Gasteiger partial charge is 0.252 e. The van der Waals surface area contributed by atoms with Crippen molar-refractivity contribution in [2.45, 2.75) is 6.42 Å². The summed E-state index contributed by atoms with van der Waals surface area (Å²) < 4.78 is 1.91. The lowest BCUT2D eigenvalue weighted by Gasteiger charge is -2.32. The van der Waals surface area contributed by atoms with Gasteiger partial charge in [-0.05, 0) is 76.7 Å². The summed E-state index contributed by atoms with van der Waals surface area (Å²) >= 11 is 5.65. The van der Waals surface area contributed by atoms with Crippen molar-refractivity contribution in [2.75, 3.05) is 46.3 Å². The Morgan fingerprint density at radius 3 is 2.76 bits per heavy atom. The van der Waals surface area contributed by atoms with Crippen LogP contribution in [0.2, 0.25) is 0 Å². The second-order valence-electron chi connectivity index (χ2n) is 5.38. The summed E-state index contributed by atoms with van der Waals surface area (Å²) in [6.45, 7) is 6.33. The van der Waals surface area contributed by atoms with Gasteiger partial charge in [0.2, 0.25) is 0 Å². The number of carbonyl (C=O) groups is 1. The molecule has 0 unspecified atom stereocenters. The topological polar surface area (TPSA) is 35.6 Å². The zero-order valence-electron chi connectivity index (χ0n) is 12.2. The van der Waals surface area contributed by atoms with Gasteiger partial charge < -0.3 is 15.1 Å². The van der Waals surface area contributed by atoms with Crippen molar-refractivity contribution in [1.29, 1.82) is 0 Å². The van der Waals surface area contributed by atoms with Gasteiger partial charge >= 0.3 is 0 Å². The molecular weight excluding hydrogens is 445 g/mol. The van der Waals surface area contributed by atoms with Gasteiger partial charge in [-0.15, -0.1) is 0 Å². The molecule has 0 aliphatic carbocycles. The van der Waals surface area contributed by atoms with Gasteiger partial charge in [0, 0.05) is 40.8 Å². The minimum Gasteiger partial charge on any atom is -0.352 e. The first-order chi connectivity index (χ1) is 10.1. The van der Waals surface area contributed by atoms with Crippen LogP contribution in [0.15, 0.2) is 22.7 Å². The van der Waals surface area contributed by atoms with Gasteiger partial charge in [-0.3, -0.25) is 4.79 Å². The molecule has 0 spiro atoms. The average Bonchev–Trinajstić information content (AvgIpc) is 2.47. The zero-order valence-corrected chi connectivity index (χ0v) is 16.0. The second-order valence-corrected chi connectivity index (χ2v) is 7.48. The van der Waals surface area contributed by atoms with E-state index in [-0.39, 0.29) is 5.91 Å². The number of hydrogen-bond acceptors (Lipinski definition) is 3. The molecule has 1 aromatic rings. The third kappa shape index (κ3) is 5.50. The molecule has 0 aromatic heterocycles. The van der Waals surface area contributed by atoms with Gasteiger partial charge in [-0.25, -0.2) is 0 Å². The number of hydrogen-bond donors (Lipinski definition) is 1. The van der Waals surface area contributed by atoms with E-state index in [9.17, 15) is 4.79 Å². The largest absolute Gasteiger partial charge is 0.352 e. The van der Waals surface area contributed by atoms with Crippen LogP contribution < -0.4 is 5.32 Å². The van der Waals surface area contributed by atoms with Crippen LogP contribution in [-0.4, -0.2) is 62.0 Å². The van der Waals surface area contributed by atoms with Crippen LogP contribution in [0.5, 0.6) is 0 Å². The van der Waals surface area contributed by atoms with E-state index in [1.807, 2.05) is 18.2 Å². The SMILES string of the molecule is CN1CCN(CCCNC(=O)c2cc(I)ccc2Br)CC1. The quantitative estimate of drug-likeness (QED) is 0.535. The van der Waals surface area contributed by atoms with Gasteiger partial charge in [0.25, 0.3) is 5.91 Å². The summed E-state index contributed by atoms with van der Waals surface area (Å²) in [6, 6.07) is 5.80. The van der Waals surface area contributed by atoms with E-state index in [0.29, 0.717) is 5.56 Å². The number of amides is 1. The Kier molecular flexibility index (Phi) is 6.91. The van der Waals surface area contributed by atoms with E-state index in [0.717, 1.165) is 53.7 Å². The highest BCUT2D eigenvalue weighted by Gasteiger charge is 2.13. The van der Waals surface area contributed by atoms with E-state index >= 15 is 0 Å². The van der Waals surface area contributed by atoms with Crippen molar-refractivity contribution in [3.05, 3.63) is 31.8 Å². The number of halogens is 2. The number of rotatable bonds is 5. The monoisotopic (exact) mass is 465 g/mol. The van der Waals surface area contributed by atoms with E-state index in [1.165, 1.54) is 0 Å². The number of benzene rings is 1. The Bertz CT molecular complexity index is 490. The zero-order chi connectivity index (χ0) is 15.2. The highest BCUT2D eigenvalue weighted by Crippen LogP contribution is 2.19. The highest BCUT2D eigenvalue weighted by atomic mass is 127. The minimum absolute atomic E-state index is 0.00114. The van der Waals surface area contributed by atoms with Gasteiger partial charge in [0.1, 0.15) is 0 Å². The first-order valence-electron chi connectivity index (χ1n) is 7.20. The first kappa shape index (κ1) is 17.2. The maximum Gasteiger partial charge on any atom is 0.252 e. The van der Waals surface area contributed by atoms with Crippen LogP contribution in [-0.2, 0) is 0 Å². The Morgan fingerprint density at radius 1 is 1.33 bits per heavy atom. The molecule has 0 radical (unpaired) electrons. The van der Waals surface area contributed by atoms with Crippen molar-refractivity contribution in [2.24, 2.45) is 0 Å². The molecule has 1 aliphatic heterocycles. The Morgan fingerprint density at radius 2 is 2.05 bits per heavy atom. The molecule has 1 saturated heterocycles. The van der Waals surface area contributed by atoms with E-state index in [4.69, 9.17) is 0 Å². The Hall–Kier alpha value is -0.180. The van der Waals surface area contributed by atoms with Gasteiger partial charge in [-0.1, -0.05) is 0 Å². The van der Waals surface area contributed by atoms with E-state index in [2.05, 4.69) is 60.7 Å². The van der Waals surface area contributed by atoms with Crippen molar-refractivity contribution >= 4 is 44.4 Å². The number of likely N-dealkylation sites (N-methyl/N-ethyl adjacent to an activating group) is 1. The third-order valence-electron chi connectivity index (χ3n) is 3.71. The number of nitrogens with one attached hydrogen (secondary N) is 1. The summed E-state index contributed by atoms with van der Waals surface area (Å²) in [5.74, 6) is -0.00114. The van der Waals surface area contributed by atoms with Crippen molar-refractivity contribution < 1.29 is 4.79 Å². The fourth-order valence-electron chi connectivity index (χ4n) is 2.34. The maximum absolute atomic E-state index is 12.1. The molecule has 1 heterocycles. The molecule has 21 heavy (non-hydrogen) atoms.